The van der Waals surface area contributed by atoms with E-state index in [1.54, 1.807) is 25.1 Å². The van der Waals surface area contributed by atoms with Crippen molar-refractivity contribution in [2.45, 2.75) is 13.0 Å². The Labute approximate surface area is 120 Å². The first kappa shape index (κ1) is 13.7. The van der Waals surface area contributed by atoms with Crippen LogP contribution >= 0.6 is 15.9 Å². The molecule has 0 amide bonds. The molecule has 0 bridgehead atoms. The maximum atomic E-state index is 5.97. The molecule has 5 nitrogen and oxygen atoms in total. The number of benzene rings is 1. The predicted molar refractivity (Wildman–Crippen MR) is 77.7 cm³/mol. The molecule has 0 spiro atoms. The highest BCUT2D eigenvalue weighted by molar-refractivity contribution is 9.10. The summed E-state index contributed by atoms with van der Waals surface area (Å²) in [5, 5.41) is 4.26. The van der Waals surface area contributed by atoms with E-state index < -0.39 is 0 Å². The van der Waals surface area contributed by atoms with E-state index in [2.05, 4.69) is 21.0 Å². The zero-order valence-electron chi connectivity index (χ0n) is 11.1. The van der Waals surface area contributed by atoms with Crippen LogP contribution in [0.1, 0.15) is 18.5 Å². The fraction of sp³-hybridized carbons (Fsp3) is 0.308. The van der Waals surface area contributed by atoms with Crippen LogP contribution < -0.4 is 15.2 Å². The average molecular weight is 326 g/mol. The Hall–Kier alpha value is -1.69. The summed E-state index contributed by atoms with van der Waals surface area (Å²) >= 11 is 3.35. The number of nitrogens with two attached hydrogens (primary N) is 1. The molecular weight excluding hydrogens is 310 g/mol. The van der Waals surface area contributed by atoms with Crippen LogP contribution in [-0.4, -0.2) is 24.0 Å². The molecule has 19 heavy (non-hydrogen) atoms. The van der Waals surface area contributed by atoms with Gasteiger partial charge in [-0.15, -0.1) is 0 Å². The summed E-state index contributed by atoms with van der Waals surface area (Å²) in [6.45, 7) is 2.02. The first-order valence-corrected chi connectivity index (χ1v) is 6.58. The van der Waals surface area contributed by atoms with E-state index in [9.17, 15) is 0 Å². The summed E-state index contributed by atoms with van der Waals surface area (Å²) in [5.41, 5.74) is 7.01. The Morgan fingerprint density at radius 1 is 1.26 bits per heavy atom. The molecule has 1 heterocycles. The number of anilines is 1. The topological polar surface area (TPSA) is 62.3 Å². The molecule has 2 N–H and O–H groups in total. The highest BCUT2D eigenvalue weighted by atomic mass is 79.9. The number of ether oxygens (including phenoxy) is 2. The summed E-state index contributed by atoms with van der Waals surface area (Å²) in [6, 6.07) is 5.78. The van der Waals surface area contributed by atoms with Gasteiger partial charge in [-0.25, -0.2) is 4.68 Å². The largest absolute Gasteiger partial charge is 0.493 e. The molecule has 1 atom stereocenters. The Kier molecular flexibility index (Phi) is 3.99. The lowest BCUT2D eigenvalue weighted by molar-refractivity contribution is 0.354. The summed E-state index contributed by atoms with van der Waals surface area (Å²) < 4.78 is 13.1. The van der Waals surface area contributed by atoms with Crippen molar-refractivity contribution >= 4 is 21.7 Å². The fourth-order valence-electron chi connectivity index (χ4n) is 1.91. The molecular formula is C13H16BrN3O2. The van der Waals surface area contributed by atoms with Crippen LogP contribution in [0.15, 0.2) is 28.9 Å². The van der Waals surface area contributed by atoms with Gasteiger partial charge >= 0.3 is 0 Å². The molecule has 2 rings (SSSR count). The number of nitrogen functional groups attached to an aromatic ring is 1. The SMILES string of the molecule is COc1ccc(C(C)n2ncc(Br)c2N)cc1OC. The highest BCUT2D eigenvalue weighted by Gasteiger charge is 2.15. The van der Waals surface area contributed by atoms with Crippen molar-refractivity contribution < 1.29 is 9.47 Å². The van der Waals surface area contributed by atoms with Gasteiger partial charge in [-0.3, -0.25) is 0 Å². The van der Waals surface area contributed by atoms with E-state index >= 15 is 0 Å². The molecule has 1 aromatic carbocycles. The highest BCUT2D eigenvalue weighted by Crippen LogP contribution is 2.32. The fourth-order valence-corrected chi connectivity index (χ4v) is 2.19. The molecule has 0 radical (unpaired) electrons. The zero-order valence-corrected chi connectivity index (χ0v) is 12.6. The van der Waals surface area contributed by atoms with Crippen molar-refractivity contribution in [3.05, 3.63) is 34.4 Å². The van der Waals surface area contributed by atoms with Gasteiger partial charge in [0.15, 0.2) is 11.5 Å². The van der Waals surface area contributed by atoms with Gasteiger partial charge < -0.3 is 15.2 Å². The second-order valence-electron chi connectivity index (χ2n) is 4.11. The Morgan fingerprint density at radius 2 is 1.95 bits per heavy atom. The smallest absolute Gasteiger partial charge is 0.161 e. The molecule has 1 unspecified atom stereocenters. The first-order valence-electron chi connectivity index (χ1n) is 5.79. The van der Waals surface area contributed by atoms with Crippen molar-refractivity contribution in [1.29, 1.82) is 0 Å². The van der Waals surface area contributed by atoms with E-state index in [1.807, 2.05) is 25.1 Å². The summed E-state index contributed by atoms with van der Waals surface area (Å²) in [7, 11) is 3.23. The van der Waals surface area contributed by atoms with Crippen LogP contribution in [0.2, 0.25) is 0 Å². The van der Waals surface area contributed by atoms with Crippen LogP contribution in [-0.2, 0) is 0 Å². The molecule has 2 aromatic rings. The summed E-state index contributed by atoms with van der Waals surface area (Å²) in [4.78, 5) is 0. The molecule has 1 aromatic heterocycles. The van der Waals surface area contributed by atoms with Crippen LogP contribution in [0, 0.1) is 0 Å². The number of aromatic nitrogens is 2. The van der Waals surface area contributed by atoms with Gasteiger partial charge in [0.2, 0.25) is 0 Å². The number of nitrogens with zero attached hydrogens (tertiary/aromatic N) is 2. The minimum atomic E-state index is 0.00565. The quantitative estimate of drug-likeness (QED) is 0.938. The lowest BCUT2D eigenvalue weighted by atomic mass is 10.1. The molecule has 0 aliphatic carbocycles. The van der Waals surface area contributed by atoms with E-state index in [0.29, 0.717) is 17.3 Å². The minimum Gasteiger partial charge on any atom is -0.493 e. The van der Waals surface area contributed by atoms with Crippen LogP contribution in [0.5, 0.6) is 11.5 Å². The summed E-state index contributed by atoms with van der Waals surface area (Å²) in [5.74, 6) is 1.99. The second-order valence-corrected chi connectivity index (χ2v) is 4.97. The Morgan fingerprint density at radius 3 is 2.47 bits per heavy atom. The Balaban J connectivity index is 2.39. The molecule has 102 valence electrons. The van der Waals surface area contributed by atoms with E-state index in [-0.39, 0.29) is 6.04 Å². The van der Waals surface area contributed by atoms with Crippen molar-refractivity contribution in [2.75, 3.05) is 20.0 Å². The standard InChI is InChI=1S/C13H16BrN3O2/c1-8(17-13(15)10(14)7-16-17)9-4-5-11(18-2)12(6-9)19-3/h4-8H,15H2,1-3H3. The monoisotopic (exact) mass is 325 g/mol. The third kappa shape index (κ3) is 2.53. The van der Waals surface area contributed by atoms with E-state index in [0.717, 1.165) is 10.0 Å². The molecule has 0 aliphatic rings. The predicted octanol–water partition coefficient (Wildman–Crippen LogP) is 2.85. The normalized spacial score (nSPS) is 12.2. The third-order valence-electron chi connectivity index (χ3n) is 3.04. The van der Waals surface area contributed by atoms with Gasteiger partial charge in [0.05, 0.1) is 30.9 Å². The van der Waals surface area contributed by atoms with Crippen LogP contribution in [0.25, 0.3) is 0 Å². The molecule has 0 saturated heterocycles. The van der Waals surface area contributed by atoms with E-state index in [1.165, 1.54) is 0 Å². The summed E-state index contributed by atoms with van der Waals surface area (Å²) in [6.07, 6.45) is 1.69. The lowest BCUT2D eigenvalue weighted by Crippen LogP contribution is -2.11. The maximum absolute atomic E-state index is 5.97. The number of hydrogen-bond donors (Lipinski definition) is 1. The van der Waals surface area contributed by atoms with Gasteiger partial charge in [0, 0.05) is 0 Å². The van der Waals surface area contributed by atoms with Gasteiger partial charge in [-0.05, 0) is 40.5 Å². The van der Waals surface area contributed by atoms with Crippen LogP contribution in [0.4, 0.5) is 5.82 Å². The number of hydrogen-bond acceptors (Lipinski definition) is 4. The van der Waals surface area contributed by atoms with Gasteiger partial charge in [0.25, 0.3) is 0 Å². The second kappa shape index (κ2) is 5.52. The van der Waals surface area contributed by atoms with Gasteiger partial charge in [-0.1, -0.05) is 6.07 Å². The first-order chi connectivity index (χ1) is 9.08. The van der Waals surface area contributed by atoms with Crippen molar-refractivity contribution in [3.63, 3.8) is 0 Å². The van der Waals surface area contributed by atoms with Crippen molar-refractivity contribution in [2.24, 2.45) is 0 Å². The lowest BCUT2D eigenvalue weighted by Gasteiger charge is -2.16. The van der Waals surface area contributed by atoms with Gasteiger partial charge in [0.1, 0.15) is 5.82 Å². The number of rotatable bonds is 4. The third-order valence-corrected chi connectivity index (χ3v) is 3.65. The maximum Gasteiger partial charge on any atom is 0.161 e. The average Bonchev–Trinajstić information content (AvgIpc) is 2.77. The molecule has 0 aliphatic heterocycles. The molecule has 0 fully saturated rings. The number of methoxy groups -OCH3 is 2. The number of halogens is 1. The van der Waals surface area contributed by atoms with Crippen molar-refractivity contribution in [3.8, 4) is 11.5 Å². The zero-order chi connectivity index (χ0) is 14.0. The van der Waals surface area contributed by atoms with Crippen molar-refractivity contribution in [1.82, 2.24) is 9.78 Å². The Bertz CT molecular complexity index is 583. The minimum absolute atomic E-state index is 0.00565. The van der Waals surface area contributed by atoms with Gasteiger partial charge in [-0.2, -0.15) is 5.10 Å². The molecule has 6 heteroatoms. The van der Waals surface area contributed by atoms with E-state index in [4.69, 9.17) is 15.2 Å². The molecule has 0 saturated carbocycles. The van der Waals surface area contributed by atoms with Crippen LogP contribution in [0.3, 0.4) is 0 Å².